The van der Waals surface area contributed by atoms with Gasteiger partial charge >= 0.3 is 16.1 Å². The van der Waals surface area contributed by atoms with E-state index in [9.17, 15) is 13.5 Å². The summed E-state index contributed by atoms with van der Waals surface area (Å²) in [6.07, 6.45) is 7.53. The highest BCUT2D eigenvalue weighted by molar-refractivity contribution is 7.84. The van der Waals surface area contributed by atoms with Gasteiger partial charge in [0.05, 0.1) is 24.6 Å². The van der Waals surface area contributed by atoms with Crippen molar-refractivity contribution in [2.75, 3.05) is 11.9 Å². The van der Waals surface area contributed by atoms with Crippen LogP contribution in [0, 0.1) is 5.92 Å². The number of nitrogens with one attached hydrogen (secondary N) is 1. The molecule has 1 saturated carbocycles. The number of aliphatic hydroxyl groups is 1. The third-order valence-electron chi connectivity index (χ3n) is 6.15. The highest BCUT2D eigenvalue weighted by atomic mass is 32.2. The topological polar surface area (TPSA) is 130 Å². The van der Waals surface area contributed by atoms with Crippen molar-refractivity contribution in [1.29, 1.82) is 0 Å². The molecule has 2 aliphatic carbocycles. The summed E-state index contributed by atoms with van der Waals surface area (Å²) in [5, 5.41) is 18.8. The Morgan fingerprint density at radius 2 is 1.90 bits per heavy atom. The zero-order valence-electron chi connectivity index (χ0n) is 16.8. The summed E-state index contributed by atoms with van der Waals surface area (Å²) in [4.78, 5) is 8.92. The van der Waals surface area contributed by atoms with E-state index in [0.29, 0.717) is 12.8 Å². The smallest absolute Gasteiger partial charge is 0.340 e. The van der Waals surface area contributed by atoms with E-state index in [1.807, 2.05) is 16.9 Å². The number of fused-ring (bicyclic) bond motifs is 2. The Labute approximate surface area is 180 Å². The second kappa shape index (κ2) is 7.79. The molecule has 2 atom stereocenters. The van der Waals surface area contributed by atoms with E-state index >= 15 is 0 Å². The lowest BCUT2D eigenvalue weighted by Gasteiger charge is -2.13. The number of rotatable bonds is 5. The third kappa shape index (κ3) is 4.11. The zero-order valence-corrected chi connectivity index (χ0v) is 17.6. The molecule has 1 aromatic heterocycles. The van der Waals surface area contributed by atoms with Gasteiger partial charge in [-0.1, -0.05) is 24.3 Å². The fourth-order valence-electron chi connectivity index (χ4n) is 4.65. The summed E-state index contributed by atoms with van der Waals surface area (Å²) < 4.78 is 28.8. The highest BCUT2D eigenvalue weighted by Gasteiger charge is 2.37. The summed E-state index contributed by atoms with van der Waals surface area (Å²) in [5.41, 5.74) is 4.59. The summed E-state index contributed by atoms with van der Waals surface area (Å²) in [6, 6.07) is 8.75. The van der Waals surface area contributed by atoms with Gasteiger partial charge in [-0.05, 0) is 35.0 Å². The van der Waals surface area contributed by atoms with Crippen LogP contribution in [0.4, 0.5) is 11.6 Å². The number of hydrogen-bond acceptors (Lipinski definition) is 7. The van der Waals surface area contributed by atoms with E-state index in [4.69, 9.17) is 5.14 Å². The minimum Gasteiger partial charge on any atom is -0.392 e. The second-order valence-corrected chi connectivity index (χ2v) is 9.46. The van der Waals surface area contributed by atoms with Crippen molar-refractivity contribution >= 4 is 33.7 Å². The van der Waals surface area contributed by atoms with E-state index in [1.165, 1.54) is 17.5 Å². The Morgan fingerprint density at radius 3 is 2.61 bits per heavy atom. The van der Waals surface area contributed by atoms with Crippen LogP contribution in [-0.2, 0) is 27.3 Å². The molecule has 3 aliphatic rings. The van der Waals surface area contributed by atoms with Crippen molar-refractivity contribution in [2.24, 2.45) is 11.1 Å². The van der Waals surface area contributed by atoms with Gasteiger partial charge in [0, 0.05) is 24.8 Å². The summed E-state index contributed by atoms with van der Waals surface area (Å²) in [6.45, 7) is -0.146. The van der Waals surface area contributed by atoms with Gasteiger partial charge < -0.3 is 10.4 Å². The number of anilines is 1. The van der Waals surface area contributed by atoms with Gasteiger partial charge in [-0.3, -0.25) is 4.18 Å². The van der Waals surface area contributed by atoms with Crippen molar-refractivity contribution in [2.45, 2.75) is 37.8 Å². The lowest BCUT2D eigenvalue weighted by Crippen LogP contribution is -2.24. The van der Waals surface area contributed by atoms with Crippen LogP contribution in [0.15, 0.2) is 36.8 Å². The van der Waals surface area contributed by atoms with Crippen molar-refractivity contribution in [1.82, 2.24) is 9.97 Å². The first-order valence-electron chi connectivity index (χ1n) is 10.2. The number of aromatic nitrogens is 2. The molecule has 0 bridgehead atoms. The average molecular weight is 443 g/mol. The van der Waals surface area contributed by atoms with Gasteiger partial charge in [-0.25, -0.2) is 9.71 Å². The highest BCUT2D eigenvalue weighted by Crippen LogP contribution is 2.34. The molecule has 0 radical (unpaired) electrons. The van der Waals surface area contributed by atoms with Gasteiger partial charge in [0.1, 0.15) is 11.4 Å². The Hall–Kier alpha value is -2.66. The quantitative estimate of drug-likeness (QED) is 0.592. The SMILES string of the molecule is NS(=O)(=O)OC[C@@H]1CC(=[N+]2C=Cc3c(NC4Cc5ccccc5C4)ncnc32)C[C@@H]1O. The standard InChI is InChI=1S/C21H24N5O4S/c22-31(28,29)30-11-15-9-17(10-19(15)27)26-6-5-18-20(23-12-24-21(18)26)25-16-7-13-3-1-2-4-14(13)8-16/h1-6,12,15-16,19,27H,7-11H2,(H2,22,28,29)(H,23,24,25)/q+1/t15-,19-/m0/s1. The minimum atomic E-state index is -4.03. The van der Waals surface area contributed by atoms with Crippen LogP contribution in [0.2, 0.25) is 0 Å². The maximum Gasteiger partial charge on any atom is 0.340 e. The molecule has 1 aromatic carbocycles. The largest absolute Gasteiger partial charge is 0.392 e. The molecule has 2 aromatic rings. The number of aliphatic hydroxyl groups excluding tert-OH is 1. The first-order valence-corrected chi connectivity index (χ1v) is 11.7. The molecular weight excluding hydrogens is 418 g/mol. The monoisotopic (exact) mass is 442 g/mol. The molecule has 1 aliphatic heterocycles. The van der Waals surface area contributed by atoms with Gasteiger partial charge in [0.2, 0.25) is 6.33 Å². The van der Waals surface area contributed by atoms with Crippen LogP contribution in [0.25, 0.3) is 6.08 Å². The van der Waals surface area contributed by atoms with Crippen molar-refractivity contribution in [3.8, 4) is 0 Å². The molecule has 162 valence electrons. The number of benzene rings is 1. The predicted molar refractivity (Wildman–Crippen MR) is 115 cm³/mol. The van der Waals surface area contributed by atoms with Crippen LogP contribution in [-0.4, -0.2) is 52.5 Å². The predicted octanol–water partition coefficient (Wildman–Crippen LogP) is 1.12. The second-order valence-electron chi connectivity index (χ2n) is 8.24. The molecule has 1 fully saturated rings. The van der Waals surface area contributed by atoms with E-state index in [0.717, 1.165) is 35.8 Å². The normalized spacial score (nSPS) is 25.1. The third-order valence-corrected chi connectivity index (χ3v) is 6.61. The molecule has 31 heavy (non-hydrogen) atoms. The Kier molecular flexibility index (Phi) is 5.09. The van der Waals surface area contributed by atoms with Crippen molar-refractivity contribution in [3.63, 3.8) is 0 Å². The van der Waals surface area contributed by atoms with E-state index in [-0.39, 0.29) is 18.6 Å². The van der Waals surface area contributed by atoms with Gasteiger partial charge in [0.25, 0.3) is 0 Å². The molecule has 9 nitrogen and oxygen atoms in total. The maximum absolute atomic E-state index is 11.1. The maximum atomic E-state index is 11.1. The average Bonchev–Trinajstić information content (AvgIpc) is 3.42. The molecule has 2 heterocycles. The van der Waals surface area contributed by atoms with Crippen LogP contribution in [0.1, 0.15) is 29.5 Å². The van der Waals surface area contributed by atoms with Gasteiger partial charge in [-0.2, -0.15) is 13.4 Å². The first kappa shape index (κ1) is 20.3. The molecule has 5 rings (SSSR count). The molecule has 0 saturated heterocycles. The molecule has 10 heteroatoms. The summed E-state index contributed by atoms with van der Waals surface area (Å²) in [5.74, 6) is 1.19. The summed E-state index contributed by atoms with van der Waals surface area (Å²) >= 11 is 0. The lowest BCUT2D eigenvalue weighted by molar-refractivity contribution is -0.362. The van der Waals surface area contributed by atoms with E-state index in [1.54, 1.807) is 0 Å². The molecule has 4 N–H and O–H groups in total. The minimum absolute atomic E-state index is 0.146. The van der Waals surface area contributed by atoms with Crippen molar-refractivity contribution in [3.05, 3.63) is 53.5 Å². The fourth-order valence-corrected chi connectivity index (χ4v) is 5.02. The van der Waals surface area contributed by atoms with E-state index < -0.39 is 16.4 Å². The van der Waals surface area contributed by atoms with Crippen LogP contribution >= 0.6 is 0 Å². The zero-order chi connectivity index (χ0) is 21.6. The van der Waals surface area contributed by atoms with Crippen LogP contribution in [0.3, 0.4) is 0 Å². The number of hydrogen-bond donors (Lipinski definition) is 3. The first-order chi connectivity index (χ1) is 14.9. The van der Waals surface area contributed by atoms with Gasteiger partial charge in [-0.15, -0.1) is 0 Å². The lowest BCUT2D eigenvalue weighted by atomic mass is 10.1. The fraction of sp³-hybridized carbons (Fsp3) is 0.381. The Balaban J connectivity index is 1.35. The molecule has 0 spiro atoms. The van der Waals surface area contributed by atoms with Crippen LogP contribution < -0.4 is 10.5 Å². The van der Waals surface area contributed by atoms with Crippen molar-refractivity contribution < 1.29 is 22.3 Å². The molecule has 0 unspecified atom stereocenters. The Morgan fingerprint density at radius 1 is 1.16 bits per heavy atom. The number of nitrogens with two attached hydrogens (primary N) is 1. The van der Waals surface area contributed by atoms with E-state index in [2.05, 4.69) is 43.7 Å². The number of nitrogens with zero attached hydrogens (tertiary/aromatic N) is 3. The summed E-state index contributed by atoms with van der Waals surface area (Å²) in [7, 11) is -4.03. The van der Waals surface area contributed by atoms with Gasteiger partial charge in [0.15, 0.2) is 0 Å². The molecule has 0 amide bonds. The Bertz CT molecular complexity index is 1170. The molecular formula is C21H24N5O4S+. The van der Waals surface area contributed by atoms with Crippen LogP contribution in [0.5, 0.6) is 0 Å².